The van der Waals surface area contributed by atoms with Gasteiger partial charge in [-0.1, -0.05) is 30.3 Å². The van der Waals surface area contributed by atoms with Gasteiger partial charge in [0.1, 0.15) is 5.60 Å². The Kier molecular flexibility index (Phi) is 6.09. The average Bonchev–Trinajstić information content (AvgIpc) is 3.33. The van der Waals surface area contributed by atoms with E-state index < -0.39 is 5.60 Å². The van der Waals surface area contributed by atoms with Gasteiger partial charge in [0.15, 0.2) is 0 Å². The normalized spacial score (nSPS) is 21.2. The maximum absolute atomic E-state index is 12.8. The van der Waals surface area contributed by atoms with Crippen molar-refractivity contribution in [2.45, 2.75) is 39.3 Å². The molecule has 2 aromatic rings. The number of likely N-dealkylation sites (tertiary alicyclic amines) is 1. The summed E-state index contributed by atoms with van der Waals surface area (Å²) < 4.78 is 5.52. The SMILES string of the molecule is C[C@@H](NC(=O)c1cncc(N2CC3CN(C(=O)OC(C)(C)C)CC3C2)c1)c1ccccc1. The molecule has 2 aliphatic heterocycles. The van der Waals surface area contributed by atoms with Crippen LogP contribution in [0.4, 0.5) is 10.5 Å². The monoisotopic (exact) mass is 436 g/mol. The fraction of sp³-hybridized carbons (Fsp3) is 0.480. The number of nitrogens with zero attached hydrogens (tertiary/aromatic N) is 3. The highest BCUT2D eigenvalue weighted by Gasteiger charge is 2.42. The Morgan fingerprint density at radius 3 is 2.34 bits per heavy atom. The maximum Gasteiger partial charge on any atom is 0.410 e. The minimum Gasteiger partial charge on any atom is -0.444 e. The molecule has 0 bridgehead atoms. The highest BCUT2D eigenvalue weighted by atomic mass is 16.6. The lowest BCUT2D eigenvalue weighted by atomic mass is 10.0. The standard InChI is InChI=1S/C25H32N4O3/c1-17(18-8-6-5-7-9-18)27-23(30)19-10-22(12-26-11-19)28-13-20-15-29(16-21(20)14-28)24(31)32-25(2,3)4/h5-12,17,20-21H,13-16H2,1-4H3,(H,27,30)/t17-,20?,21?/m1/s1. The molecule has 0 saturated carbocycles. The molecule has 2 amide bonds. The van der Waals surface area contributed by atoms with Crippen LogP contribution in [0.25, 0.3) is 0 Å². The van der Waals surface area contributed by atoms with E-state index in [0.717, 1.165) is 24.3 Å². The summed E-state index contributed by atoms with van der Waals surface area (Å²) in [6.45, 7) is 10.7. The number of carbonyl (C=O) groups excluding carboxylic acids is 2. The molecule has 0 radical (unpaired) electrons. The van der Waals surface area contributed by atoms with Crippen LogP contribution in [0.2, 0.25) is 0 Å². The number of aromatic nitrogens is 1. The largest absolute Gasteiger partial charge is 0.444 e. The highest BCUT2D eigenvalue weighted by Crippen LogP contribution is 2.34. The van der Waals surface area contributed by atoms with E-state index >= 15 is 0 Å². The summed E-state index contributed by atoms with van der Waals surface area (Å²) in [5, 5.41) is 3.05. The molecule has 7 heteroatoms. The Morgan fingerprint density at radius 1 is 1.06 bits per heavy atom. The molecule has 32 heavy (non-hydrogen) atoms. The van der Waals surface area contributed by atoms with E-state index in [1.54, 1.807) is 6.20 Å². The van der Waals surface area contributed by atoms with Crippen LogP contribution >= 0.6 is 0 Å². The molecule has 7 nitrogen and oxygen atoms in total. The second-order valence-electron chi connectivity index (χ2n) is 9.85. The van der Waals surface area contributed by atoms with Gasteiger partial charge in [0.05, 0.1) is 23.5 Å². The number of rotatable bonds is 4. The van der Waals surface area contributed by atoms with Gasteiger partial charge >= 0.3 is 6.09 Å². The van der Waals surface area contributed by atoms with E-state index in [2.05, 4.69) is 15.2 Å². The van der Waals surface area contributed by atoms with Crippen LogP contribution < -0.4 is 10.2 Å². The Balaban J connectivity index is 1.36. The molecule has 2 unspecified atom stereocenters. The molecule has 1 N–H and O–H groups in total. The van der Waals surface area contributed by atoms with Crippen LogP contribution in [0, 0.1) is 11.8 Å². The predicted molar refractivity (Wildman–Crippen MR) is 124 cm³/mol. The van der Waals surface area contributed by atoms with Gasteiger partial charge in [-0.15, -0.1) is 0 Å². The number of fused-ring (bicyclic) bond motifs is 1. The highest BCUT2D eigenvalue weighted by molar-refractivity contribution is 5.95. The van der Waals surface area contributed by atoms with Gasteiger partial charge in [-0.25, -0.2) is 4.79 Å². The molecule has 2 saturated heterocycles. The molecule has 2 fully saturated rings. The number of pyridine rings is 1. The van der Waals surface area contributed by atoms with Gasteiger partial charge in [0, 0.05) is 44.2 Å². The van der Waals surface area contributed by atoms with Crippen molar-refractivity contribution in [2.24, 2.45) is 11.8 Å². The van der Waals surface area contributed by atoms with Crippen LogP contribution in [-0.2, 0) is 4.74 Å². The zero-order valence-corrected chi connectivity index (χ0v) is 19.2. The number of benzene rings is 1. The zero-order valence-electron chi connectivity index (χ0n) is 19.2. The first-order chi connectivity index (χ1) is 15.2. The lowest BCUT2D eigenvalue weighted by Gasteiger charge is -2.26. The summed E-state index contributed by atoms with van der Waals surface area (Å²) in [4.78, 5) is 33.6. The van der Waals surface area contributed by atoms with E-state index in [9.17, 15) is 9.59 Å². The molecule has 0 spiro atoms. The van der Waals surface area contributed by atoms with Gasteiger partial charge in [0.25, 0.3) is 5.91 Å². The van der Waals surface area contributed by atoms with E-state index in [1.165, 1.54) is 0 Å². The van der Waals surface area contributed by atoms with Crippen LogP contribution in [0.5, 0.6) is 0 Å². The molecule has 2 aliphatic rings. The van der Waals surface area contributed by atoms with Crippen molar-refractivity contribution in [3.63, 3.8) is 0 Å². The number of nitrogens with one attached hydrogen (secondary N) is 1. The molecular weight excluding hydrogens is 404 g/mol. The fourth-order valence-electron chi connectivity index (χ4n) is 4.51. The lowest BCUT2D eigenvalue weighted by Crippen LogP contribution is -2.37. The third kappa shape index (κ3) is 5.03. The first-order valence-corrected chi connectivity index (χ1v) is 11.2. The van der Waals surface area contributed by atoms with E-state index in [0.29, 0.717) is 30.5 Å². The third-order valence-corrected chi connectivity index (χ3v) is 6.14. The van der Waals surface area contributed by atoms with Crippen molar-refractivity contribution >= 4 is 17.7 Å². The number of carbonyl (C=O) groups is 2. The van der Waals surface area contributed by atoms with Crippen LogP contribution in [0.1, 0.15) is 49.7 Å². The number of amides is 2. The number of hydrogen-bond donors (Lipinski definition) is 1. The molecule has 1 aromatic heterocycles. The molecule has 3 atom stereocenters. The van der Waals surface area contributed by atoms with Crippen molar-refractivity contribution in [3.8, 4) is 0 Å². The molecule has 170 valence electrons. The topological polar surface area (TPSA) is 74.8 Å². The van der Waals surface area contributed by atoms with Crippen molar-refractivity contribution < 1.29 is 14.3 Å². The van der Waals surface area contributed by atoms with Gasteiger partial charge in [-0.2, -0.15) is 0 Å². The lowest BCUT2D eigenvalue weighted by molar-refractivity contribution is 0.0282. The van der Waals surface area contributed by atoms with Crippen LogP contribution in [0.3, 0.4) is 0 Å². The van der Waals surface area contributed by atoms with Gasteiger partial charge < -0.3 is 19.9 Å². The quantitative estimate of drug-likeness (QED) is 0.787. The Morgan fingerprint density at radius 2 is 1.72 bits per heavy atom. The minimum atomic E-state index is -0.481. The summed E-state index contributed by atoms with van der Waals surface area (Å²) in [6, 6.07) is 11.7. The molecule has 4 rings (SSSR count). The van der Waals surface area contributed by atoms with Crippen molar-refractivity contribution in [1.82, 2.24) is 15.2 Å². The second-order valence-corrected chi connectivity index (χ2v) is 9.85. The summed E-state index contributed by atoms with van der Waals surface area (Å²) >= 11 is 0. The minimum absolute atomic E-state index is 0.0858. The first kappa shape index (κ1) is 22.1. The summed E-state index contributed by atoms with van der Waals surface area (Å²) in [5.74, 6) is 0.669. The summed E-state index contributed by atoms with van der Waals surface area (Å²) in [7, 11) is 0. The predicted octanol–water partition coefficient (Wildman–Crippen LogP) is 3.88. The Labute approximate surface area is 189 Å². The van der Waals surface area contributed by atoms with E-state index in [-0.39, 0.29) is 18.0 Å². The second kappa shape index (κ2) is 8.81. The Hall–Kier alpha value is -3.09. The Bertz CT molecular complexity index is 959. The van der Waals surface area contributed by atoms with Crippen LogP contribution in [0.15, 0.2) is 48.8 Å². The number of hydrogen-bond acceptors (Lipinski definition) is 5. The smallest absolute Gasteiger partial charge is 0.410 e. The fourth-order valence-corrected chi connectivity index (χ4v) is 4.51. The van der Waals surface area contributed by atoms with Gasteiger partial charge in [-0.3, -0.25) is 9.78 Å². The number of ether oxygens (including phenoxy) is 1. The number of anilines is 1. The molecule has 3 heterocycles. The van der Waals surface area contributed by atoms with Crippen molar-refractivity contribution in [2.75, 3.05) is 31.1 Å². The molecule has 1 aromatic carbocycles. The maximum atomic E-state index is 12.8. The van der Waals surface area contributed by atoms with E-state index in [1.807, 2.05) is 75.2 Å². The van der Waals surface area contributed by atoms with Crippen molar-refractivity contribution in [3.05, 3.63) is 59.9 Å². The third-order valence-electron chi connectivity index (χ3n) is 6.14. The average molecular weight is 437 g/mol. The zero-order chi connectivity index (χ0) is 22.9. The first-order valence-electron chi connectivity index (χ1n) is 11.2. The van der Waals surface area contributed by atoms with E-state index in [4.69, 9.17) is 4.74 Å². The van der Waals surface area contributed by atoms with Crippen molar-refractivity contribution in [1.29, 1.82) is 0 Å². The molecule has 0 aliphatic carbocycles. The molecular formula is C25H32N4O3. The summed E-state index contributed by atoms with van der Waals surface area (Å²) in [6.07, 6.45) is 3.19. The summed E-state index contributed by atoms with van der Waals surface area (Å²) in [5.41, 5.74) is 2.08. The van der Waals surface area contributed by atoms with Gasteiger partial charge in [0.2, 0.25) is 0 Å². The van der Waals surface area contributed by atoms with Gasteiger partial charge in [-0.05, 0) is 39.3 Å². The van der Waals surface area contributed by atoms with Crippen LogP contribution in [-0.4, -0.2) is 53.7 Å².